The van der Waals surface area contributed by atoms with Crippen LogP contribution in [-0.4, -0.2) is 19.2 Å². The van der Waals surface area contributed by atoms with E-state index < -0.39 is 0 Å². The van der Waals surface area contributed by atoms with Crippen molar-refractivity contribution in [1.82, 2.24) is 4.98 Å². The molecule has 0 aliphatic rings. The summed E-state index contributed by atoms with van der Waals surface area (Å²) in [7, 11) is 3.23. The summed E-state index contributed by atoms with van der Waals surface area (Å²) in [5.74, 6) is 1.42. The third kappa shape index (κ3) is 3.03. The number of hydrogen-bond donors (Lipinski definition) is 1. The molecule has 0 radical (unpaired) electrons. The summed E-state index contributed by atoms with van der Waals surface area (Å²) in [6.07, 6.45) is 3.90. The first-order valence-electron chi connectivity index (χ1n) is 6.22. The number of pyridine rings is 1. The number of methoxy groups -OCH3 is 2. The molecule has 1 atom stereocenters. The highest BCUT2D eigenvalue weighted by atomic mass is 35.5. The van der Waals surface area contributed by atoms with Crippen LogP contribution in [0, 0.1) is 0 Å². The molecule has 1 heterocycles. The Hall–Kier alpha value is -1.78. The highest BCUT2D eigenvalue weighted by Gasteiger charge is 2.18. The second kappa shape index (κ2) is 6.59. The molecule has 20 heavy (non-hydrogen) atoms. The van der Waals surface area contributed by atoms with Crippen LogP contribution < -0.4 is 15.2 Å². The maximum absolute atomic E-state index is 6.31. The first-order valence-corrected chi connectivity index (χ1v) is 6.60. The van der Waals surface area contributed by atoms with Crippen LogP contribution in [0.25, 0.3) is 0 Å². The van der Waals surface area contributed by atoms with Gasteiger partial charge in [-0.15, -0.1) is 0 Å². The van der Waals surface area contributed by atoms with Crippen molar-refractivity contribution < 1.29 is 9.47 Å². The summed E-state index contributed by atoms with van der Waals surface area (Å²) >= 11 is 6.12. The van der Waals surface area contributed by atoms with Crippen LogP contribution in [0.2, 0.25) is 5.02 Å². The first kappa shape index (κ1) is 14.6. The Morgan fingerprint density at radius 3 is 2.40 bits per heavy atom. The minimum atomic E-state index is -0.277. The fourth-order valence-corrected chi connectivity index (χ4v) is 2.35. The van der Waals surface area contributed by atoms with Gasteiger partial charge in [0, 0.05) is 18.4 Å². The third-order valence-corrected chi connectivity index (χ3v) is 3.47. The van der Waals surface area contributed by atoms with E-state index in [1.165, 1.54) is 0 Å². The average molecular weight is 293 g/mol. The molecule has 0 saturated carbocycles. The van der Waals surface area contributed by atoms with Gasteiger partial charge in [0.2, 0.25) is 0 Å². The second-order valence-electron chi connectivity index (χ2n) is 4.35. The van der Waals surface area contributed by atoms with Crippen LogP contribution >= 0.6 is 11.6 Å². The van der Waals surface area contributed by atoms with Crippen molar-refractivity contribution in [1.29, 1.82) is 0 Å². The monoisotopic (exact) mass is 292 g/mol. The quantitative estimate of drug-likeness (QED) is 0.920. The third-order valence-electron chi connectivity index (χ3n) is 3.13. The minimum Gasteiger partial charge on any atom is -0.496 e. The minimum absolute atomic E-state index is 0.277. The number of nitrogens with zero attached hydrogens (tertiary/aromatic N) is 1. The van der Waals surface area contributed by atoms with Gasteiger partial charge in [-0.3, -0.25) is 4.98 Å². The van der Waals surface area contributed by atoms with Crippen molar-refractivity contribution in [3.63, 3.8) is 0 Å². The van der Waals surface area contributed by atoms with Gasteiger partial charge < -0.3 is 15.2 Å². The second-order valence-corrected chi connectivity index (χ2v) is 4.76. The maximum Gasteiger partial charge on any atom is 0.127 e. The molecule has 5 heteroatoms. The van der Waals surface area contributed by atoms with E-state index in [1.54, 1.807) is 26.6 Å². The number of aromatic nitrogens is 1. The molecule has 2 rings (SSSR count). The molecule has 0 bridgehead atoms. The molecular weight excluding hydrogens is 276 g/mol. The summed E-state index contributed by atoms with van der Waals surface area (Å²) in [5, 5.41) is 0.608. The molecule has 1 aromatic carbocycles. The molecule has 0 saturated heterocycles. The number of ether oxygens (including phenoxy) is 2. The van der Waals surface area contributed by atoms with Gasteiger partial charge in [-0.05, 0) is 30.2 Å². The topological polar surface area (TPSA) is 57.4 Å². The number of rotatable bonds is 5. The molecule has 2 N–H and O–H groups in total. The Bertz CT molecular complexity index is 568. The zero-order chi connectivity index (χ0) is 14.5. The van der Waals surface area contributed by atoms with Crippen LogP contribution in [0.5, 0.6) is 11.5 Å². The SMILES string of the molecule is COc1cccc(OC)c1C(N)Cc1ccncc1Cl. The number of hydrogen-bond acceptors (Lipinski definition) is 4. The van der Waals surface area contributed by atoms with E-state index in [-0.39, 0.29) is 6.04 Å². The lowest BCUT2D eigenvalue weighted by Gasteiger charge is -2.19. The molecule has 0 amide bonds. The lowest BCUT2D eigenvalue weighted by atomic mass is 9.98. The van der Waals surface area contributed by atoms with E-state index in [2.05, 4.69) is 4.98 Å². The molecular formula is C15H17ClN2O2. The number of halogens is 1. The average Bonchev–Trinajstić information content (AvgIpc) is 2.48. The normalized spacial score (nSPS) is 12.0. The Morgan fingerprint density at radius 2 is 1.85 bits per heavy atom. The summed E-state index contributed by atoms with van der Waals surface area (Å²) < 4.78 is 10.7. The van der Waals surface area contributed by atoms with Gasteiger partial charge in [-0.1, -0.05) is 17.7 Å². The van der Waals surface area contributed by atoms with Crippen LogP contribution in [0.1, 0.15) is 17.2 Å². The first-order chi connectivity index (χ1) is 9.67. The van der Waals surface area contributed by atoms with Crippen LogP contribution in [0.15, 0.2) is 36.7 Å². The van der Waals surface area contributed by atoms with Crippen LogP contribution in [0.3, 0.4) is 0 Å². The van der Waals surface area contributed by atoms with E-state index >= 15 is 0 Å². The maximum atomic E-state index is 6.31. The molecule has 2 aromatic rings. The molecule has 0 aliphatic heterocycles. The predicted octanol–water partition coefficient (Wildman–Crippen LogP) is 2.99. The molecule has 1 aromatic heterocycles. The predicted molar refractivity (Wildman–Crippen MR) is 79.4 cm³/mol. The molecule has 0 fully saturated rings. The van der Waals surface area contributed by atoms with Gasteiger partial charge in [0.05, 0.1) is 24.8 Å². The molecule has 0 aliphatic carbocycles. The van der Waals surface area contributed by atoms with E-state index in [0.717, 1.165) is 11.1 Å². The lowest BCUT2D eigenvalue weighted by molar-refractivity contribution is 0.379. The molecule has 4 nitrogen and oxygen atoms in total. The van der Waals surface area contributed by atoms with Gasteiger partial charge in [-0.2, -0.15) is 0 Å². The van der Waals surface area contributed by atoms with E-state index in [9.17, 15) is 0 Å². The zero-order valence-electron chi connectivity index (χ0n) is 11.5. The van der Waals surface area contributed by atoms with E-state index in [4.69, 9.17) is 26.8 Å². The van der Waals surface area contributed by atoms with Gasteiger partial charge >= 0.3 is 0 Å². The summed E-state index contributed by atoms with van der Waals surface area (Å²) in [5.41, 5.74) is 8.09. The van der Waals surface area contributed by atoms with Crippen LogP contribution in [-0.2, 0) is 6.42 Å². The number of benzene rings is 1. The van der Waals surface area contributed by atoms with Gasteiger partial charge in [0.1, 0.15) is 11.5 Å². The summed E-state index contributed by atoms with van der Waals surface area (Å²) in [6.45, 7) is 0. The van der Waals surface area contributed by atoms with E-state index in [0.29, 0.717) is 22.9 Å². The van der Waals surface area contributed by atoms with Crippen molar-refractivity contribution >= 4 is 11.6 Å². The Balaban J connectivity index is 2.34. The summed E-state index contributed by atoms with van der Waals surface area (Å²) in [6, 6.07) is 7.19. The molecule has 106 valence electrons. The van der Waals surface area contributed by atoms with Crippen molar-refractivity contribution in [3.8, 4) is 11.5 Å². The fourth-order valence-electron chi connectivity index (χ4n) is 2.15. The van der Waals surface area contributed by atoms with Gasteiger partial charge in [0.15, 0.2) is 0 Å². The van der Waals surface area contributed by atoms with Crippen LogP contribution in [0.4, 0.5) is 0 Å². The zero-order valence-corrected chi connectivity index (χ0v) is 12.2. The van der Waals surface area contributed by atoms with E-state index in [1.807, 2.05) is 24.3 Å². The Morgan fingerprint density at radius 1 is 1.20 bits per heavy atom. The highest BCUT2D eigenvalue weighted by Crippen LogP contribution is 2.35. The van der Waals surface area contributed by atoms with Crippen molar-refractivity contribution in [2.24, 2.45) is 5.73 Å². The molecule has 1 unspecified atom stereocenters. The highest BCUT2D eigenvalue weighted by molar-refractivity contribution is 6.31. The standard InChI is InChI=1S/C15H17ClN2O2/c1-19-13-4-3-5-14(20-2)15(13)12(17)8-10-6-7-18-9-11(10)16/h3-7,9,12H,8,17H2,1-2H3. The van der Waals surface area contributed by atoms with Gasteiger partial charge in [0.25, 0.3) is 0 Å². The Kier molecular flexibility index (Phi) is 4.82. The van der Waals surface area contributed by atoms with Crippen molar-refractivity contribution in [2.75, 3.05) is 14.2 Å². The Labute approximate surface area is 123 Å². The van der Waals surface area contributed by atoms with Crippen molar-refractivity contribution in [3.05, 3.63) is 52.8 Å². The van der Waals surface area contributed by atoms with Gasteiger partial charge in [-0.25, -0.2) is 0 Å². The smallest absolute Gasteiger partial charge is 0.127 e. The van der Waals surface area contributed by atoms with Crippen molar-refractivity contribution in [2.45, 2.75) is 12.5 Å². The lowest BCUT2D eigenvalue weighted by Crippen LogP contribution is -2.16. The largest absolute Gasteiger partial charge is 0.496 e. The molecule has 0 spiro atoms. The number of nitrogens with two attached hydrogens (primary N) is 1. The fraction of sp³-hybridized carbons (Fsp3) is 0.267. The summed E-state index contributed by atoms with van der Waals surface area (Å²) in [4.78, 5) is 3.97.